The van der Waals surface area contributed by atoms with E-state index in [1.807, 2.05) is 6.92 Å². The van der Waals surface area contributed by atoms with Gasteiger partial charge in [0, 0.05) is 17.2 Å². The van der Waals surface area contributed by atoms with Crippen molar-refractivity contribution in [2.75, 3.05) is 18.2 Å². The molecular weight excluding hydrogens is 296 g/mol. The van der Waals surface area contributed by atoms with Crippen LogP contribution in [0.25, 0.3) is 0 Å². The van der Waals surface area contributed by atoms with Gasteiger partial charge in [-0.25, -0.2) is 4.98 Å². The van der Waals surface area contributed by atoms with E-state index in [-0.39, 0.29) is 11.5 Å². The zero-order chi connectivity index (χ0) is 15.6. The summed E-state index contributed by atoms with van der Waals surface area (Å²) < 4.78 is 5.23. The van der Waals surface area contributed by atoms with Crippen molar-refractivity contribution in [2.45, 2.75) is 6.92 Å². The number of anilines is 3. The number of benzene rings is 1. The molecule has 2 rings (SSSR count). The van der Waals surface area contributed by atoms with Gasteiger partial charge in [-0.1, -0.05) is 11.6 Å². The minimum absolute atomic E-state index is 0.158. The number of rotatable bonds is 4. The minimum Gasteiger partial charge on any atom is -0.495 e. The summed E-state index contributed by atoms with van der Waals surface area (Å²) in [4.78, 5) is 14.1. The number of hydrogen-bond donors (Lipinski definition) is 2. The molecule has 2 aromatic rings. The number of ether oxygens (including phenoxy) is 1. The second-order valence-corrected chi connectivity index (χ2v) is 4.69. The molecule has 21 heavy (non-hydrogen) atoms. The Kier molecular flexibility index (Phi) is 4.13. The Morgan fingerprint density at radius 2 is 2.14 bits per heavy atom. The fourth-order valence-electron chi connectivity index (χ4n) is 1.76. The van der Waals surface area contributed by atoms with E-state index in [0.717, 1.165) is 5.56 Å². The van der Waals surface area contributed by atoms with E-state index in [1.165, 1.54) is 19.2 Å². The lowest BCUT2D eigenvalue weighted by atomic mass is 10.2. The van der Waals surface area contributed by atoms with Crippen LogP contribution in [0.3, 0.4) is 0 Å². The van der Waals surface area contributed by atoms with E-state index in [4.69, 9.17) is 22.1 Å². The summed E-state index contributed by atoms with van der Waals surface area (Å²) in [6.45, 7) is 1.85. The number of pyridine rings is 1. The zero-order valence-corrected chi connectivity index (χ0v) is 12.1. The monoisotopic (exact) mass is 308 g/mol. The number of nitrogens with two attached hydrogens (primary N) is 1. The number of hydrogen-bond acceptors (Lipinski definition) is 6. The van der Waals surface area contributed by atoms with Crippen LogP contribution in [0.1, 0.15) is 5.56 Å². The number of nitrogen functional groups attached to an aromatic ring is 1. The van der Waals surface area contributed by atoms with Crippen molar-refractivity contribution in [1.29, 1.82) is 0 Å². The quantitative estimate of drug-likeness (QED) is 0.663. The highest BCUT2D eigenvalue weighted by molar-refractivity contribution is 6.31. The van der Waals surface area contributed by atoms with Crippen LogP contribution in [0.2, 0.25) is 5.02 Å². The highest BCUT2D eigenvalue weighted by atomic mass is 35.5. The molecule has 0 saturated heterocycles. The van der Waals surface area contributed by atoms with Crippen LogP contribution >= 0.6 is 11.6 Å². The first-order chi connectivity index (χ1) is 9.92. The lowest BCUT2D eigenvalue weighted by Crippen LogP contribution is -2.02. The maximum atomic E-state index is 10.7. The number of methoxy groups -OCH3 is 1. The molecule has 0 aliphatic rings. The highest BCUT2D eigenvalue weighted by Crippen LogP contribution is 2.33. The van der Waals surface area contributed by atoms with Gasteiger partial charge in [-0.05, 0) is 24.6 Å². The van der Waals surface area contributed by atoms with E-state index in [2.05, 4.69) is 10.3 Å². The molecule has 0 unspecified atom stereocenters. The van der Waals surface area contributed by atoms with Crippen molar-refractivity contribution >= 4 is 34.6 Å². The third-order valence-electron chi connectivity index (χ3n) is 2.84. The molecule has 1 aromatic carbocycles. The van der Waals surface area contributed by atoms with E-state index in [1.54, 1.807) is 12.1 Å². The van der Waals surface area contributed by atoms with E-state index >= 15 is 0 Å². The largest absolute Gasteiger partial charge is 0.495 e. The van der Waals surface area contributed by atoms with Gasteiger partial charge in [0.15, 0.2) is 0 Å². The van der Waals surface area contributed by atoms with Crippen molar-refractivity contribution in [1.82, 2.24) is 4.98 Å². The smallest absolute Gasteiger partial charge is 0.311 e. The van der Waals surface area contributed by atoms with Crippen LogP contribution < -0.4 is 15.8 Å². The predicted octanol–water partition coefficient (Wildman–Crippen LogP) is 3.29. The molecule has 3 N–H and O–H groups in total. The van der Waals surface area contributed by atoms with Gasteiger partial charge in [0.1, 0.15) is 11.6 Å². The number of aromatic nitrogens is 1. The Morgan fingerprint density at radius 1 is 1.43 bits per heavy atom. The molecule has 0 spiro atoms. The Hall–Kier alpha value is -2.54. The fourth-order valence-corrected chi connectivity index (χ4v) is 1.91. The van der Waals surface area contributed by atoms with Crippen LogP contribution in [0, 0.1) is 17.0 Å². The van der Waals surface area contributed by atoms with Crippen molar-refractivity contribution < 1.29 is 9.66 Å². The van der Waals surface area contributed by atoms with Crippen molar-refractivity contribution in [3.63, 3.8) is 0 Å². The van der Waals surface area contributed by atoms with Crippen molar-refractivity contribution in [2.24, 2.45) is 0 Å². The van der Waals surface area contributed by atoms with Crippen LogP contribution in [-0.4, -0.2) is 17.0 Å². The van der Waals surface area contributed by atoms with Gasteiger partial charge in [0.05, 0.1) is 17.7 Å². The highest BCUT2D eigenvalue weighted by Gasteiger charge is 2.14. The summed E-state index contributed by atoms with van der Waals surface area (Å²) in [6.07, 6.45) is 0. The first-order valence-corrected chi connectivity index (χ1v) is 6.32. The Morgan fingerprint density at radius 3 is 2.71 bits per heavy atom. The summed E-state index contributed by atoms with van der Waals surface area (Å²) in [7, 11) is 1.52. The lowest BCUT2D eigenvalue weighted by Gasteiger charge is -2.12. The molecule has 0 aliphatic carbocycles. The molecule has 1 aromatic heterocycles. The third kappa shape index (κ3) is 3.14. The molecule has 1 heterocycles. The van der Waals surface area contributed by atoms with E-state index in [9.17, 15) is 10.1 Å². The molecule has 0 radical (unpaired) electrons. The Bertz CT molecular complexity index is 706. The average molecular weight is 309 g/mol. The fraction of sp³-hybridized carbons (Fsp3) is 0.154. The number of nitro groups is 1. The van der Waals surface area contributed by atoms with Crippen molar-refractivity contribution in [3.05, 3.63) is 45.0 Å². The molecule has 0 aliphatic heterocycles. The summed E-state index contributed by atoms with van der Waals surface area (Å²) in [5, 5.41) is 14.3. The van der Waals surface area contributed by atoms with Crippen LogP contribution in [0.4, 0.5) is 23.0 Å². The number of aryl methyl sites for hydroxylation is 1. The van der Waals surface area contributed by atoms with Gasteiger partial charge in [0.2, 0.25) is 5.82 Å². The summed E-state index contributed by atoms with van der Waals surface area (Å²) in [5.74, 6) is 0.747. The number of halogens is 1. The SMILES string of the molecule is COc1cc(Cl)c(C)cc1Nc1ccc([N+](=O)[O-])c(N)n1. The topological polar surface area (TPSA) is 103 Å². The molecule has 7 nitrogen and oxygen atoms in total. The van der Waals surface area contributed by atoms with Gasteiger partial charge in [-0.2, -0.15) is 0 Å². The van der Waals surface area contributed by atoms with E-state index < -0.39 is 4.92 Å². The lowest BCUT2D eigenvalue weighted by molar-refractivity contribution is -0.384. The van der Waals surface area contributed by atoms with Crippen molar-refractivity contribution in [3.8, 4) is 5.75 Å². The Labute approximate surface area is 125 Å². The zero-order valence-electron chi connectivity index (χ0n) is 11.4. The second-order valence-electron chi connectivity index (χ2n) is 4.28. The summed E-state index contributed by atoms with van der Waals surface area (Å²) >= 11 is 6.03. The molecule has 8 heteroatoms. The first kappa shape index (κ1) is 14.9. The van der Waals surface area contributed by atoms with Crippen LogP contribution in [0.5, 0.6) is 5.75 Å². The standard InChI is InChI=1S/C13H13ClN4O3/c1-7-5-9(11(21-2)6-8(7)14)16-12-4-3-10(18(19)20)13(15)17-12/h3-6H,1-2H3,(H3,15,16,17). The molecule has 0 atom stereocenters. The summed E-state index contributed by atoms with van der Waals surface area (Å²) in [5.41, 5.74) is 6.81. The maximum absolute atomic E-state index is 10.7. The van der Waals surface area contributed by atoms with Gasteiger partial charge < -0.3 is 15.8 Å². The second kappa shape index (κ2) is 5.84. The van der Waals surface area contributed by atoms with Gasteiger partial charge >= 0.3 is 5.69 Å². The van der Waals surface area contributed by atoms with Crippen LogP contribution in [0.15, 0.2) is 24.3 Å². The molecule has 0 fully saturated rings. The number of nitrogens with one attached hydrogen (secondary N) is 1. The molecular formula is C13H13ClN4O3. The normalized spacial score (nSPS) is 10.2. The van der Waals surface area contributed by atoms with Gasteiger partial charge in [-0.3, -0.25) is 10.1 Å². The first-order valence-electron chi connectivity index (χ1n) is 5.94. The van der Waals surface area contributed by atoms with Gasteiger partial charge in [0.25, 0.3) is 0 Å². The molecule has 0 bridgehead atoms. The third-order valence-corrected chi connectivity index (χ3v) is 3.25. The van der Waals surface area contributed by atoms with Gasteiger partial charge in [-0.15, -0.1) is 0 Å². The molecule has 0 amide bonds. The van der Waals surface area contributed by atoms with E-state index in [0.29, 0.717) is 22.3 Å². The van der Waals surface area contributed by atoms with Crippen LogP contribution in [-0.2, 0) is 0 Å². The molecule has 0 saturated carbocycles. The number of nitrogens with zero attached hydrogens (tertiary/aromatic N) is 2. The maximum Gasteiger partial charge on any atom is 0.311 e. The Balaban J connectivity index is 2.36. The average Bonchev–Trinajstić information content (AvgIpc) is 2.42. The predicted molar refractivity (Wildman–Crippen MR) is 81.3 cm³/mol. The minimum atomic E-state index is -0.584. The summed E-state index contributed by atoms with van der Waals surface area (Å²) in [6, 6.07) is 6.23. The molecule has 110 valence electrons.